The zero-order valence-corrected chi connectivity index (χ0v) is 18.9. The number of aryl methyl sites for hydroxylation is 1. The number of benzene rings is 1. The number of nitrogens with zero attached hydrogens (tertiary/aromatic N) is 2. The van der Waals surface area contributed by atoms with Gasteiger partial charge in [0.25, 0.3) is 5.91 Å². The van der Waals surface area contributed by atoms with Crippen molar-refractivity contribution in [1.82, 2.24) is 20.9 Å². The lowest BCUT2D eigenvalue weighted by Crippen LogP contribution is -2.49. The van der Waals surface area contributed by atoms with Crippen molar-refractivity contribution in [2.45, 2.75) is 45.2 Å². The number of furan rings is 1. The Bertz CT molecular complexity index is 841. The van der Waals surface area contributed by atoms with Crippen molar-refractivity contribution in [2.24, 2.45) is 4.99 Å². The van der Waals surface area contributed by atoms with E-state index in [1.165, 1.54) is 11.8 Å². The van der Waals surface area contributed by atoms with Crippen LogP contribution in [0.25, 0.3) is 0 Å². The Morgan fingerprint density at radius 2 is 1.87 bits per heavy atom. The van der Waals surface area contributed by atoms with Crippen molar-refractivity contribution in [1.29, 1.82) is 0 Å². The van der Waals surface area contributed by atoms with Crippen molar-refractivity contribution in [2.75, 3.05) is 33.2 Å². The van der Waals surface area contributed by atoms with Crippen LogP contribution in [-0.2, 0) is 0 Å². The summed E-state index contributed by atoms with van der Waals surface area (Å²) >= 11 is 0. The minimum absolute atomic E-state index is 0.165. The van der Waals surface area contributed by atoms with Gasteiger partial charge in [-0.3, -0.25) is 14.7 Å². The molecule has 1 aromatic heterocycles. The second-order valence-corrected chi connectivity index (χ2v) is 8.08. The van der Waals surface area contributed by atoms with Gasteiger partial charge in [-0.1, -0.05) is 30.3 Å². The van der Waals surface area contributed by atoms with Crippen LogP contribution in [0.5, 0.6) is 0 Å². The van der Waals surface area contributed by atoms with Crippen LogP contribution in [0.2, 0.25) is 0 Å². The van der Waals surface area contributed by atoms with E-state index in [0.717, 1.165) is 50.4 Å². The third-order valence-electron chi connectivity index (χ3n) is 5.92. The van der Waals surface area contributed by atoms with E-state index in [0.29, 0.717) is 24.4 Å². The molecule has 0 bridgehead atoms. The maximum absolute atomic E-state index is 12.0. The monoisotopic (exact) mass is 425 g/mol. The number of hydrogen-bond acceptors (Lipinski definition) is 4. The quantitative estimate of drug-likeness (QED) is 0.344. The fourth-order valence-corrected chi connectivity index (χ4v) is 3.94. The van der Waals surface area contributed by atoms with Crippen LogP contribution < -0.4 is 16.0 Å². The van der Waals surface area contributed by atoms with E-state index in [-0.39, 0.29) is 5.91 Å². The Labute approximate surface area is 185 Å². The number of amides is 1. The topological polar surface area (TPSA) is 81.9 Å². The molecule has 2 aromatic rings. The van der Waals surface area contributed by atoms with Crippen LogP contribution in [0.4, 0.5) is 0 Å². The highest BCUT2D eigenvalue weighted by molar-refractivity contribution is 5.92. The molecule has 7 nitrogen and oxygen atoms in total. The van der Waals surface area contributed by atoms with Gasteiger partial charge in [-0.05, 0) is 44.7 Å². The molecule has 1 saturated heterocycles. The third-order valence-corrected chi connectivity index (χ3v) is 5.92. The fourth-order valence-electron chi connectivity index (χ4n) is 3.94. The first-order valence-electron chi connectivity index (χ1n) is 11.2. The van der Waals surface area contributed by atoms with E-state index in [2.05, 4.69) is 63.1 Å². The predicted octanol–water partition coefficient (Wildman–Crippen LogP) is 3.10. The van der Waals surface area contributed by atoms with Crippen molar-refractivity contribution in [3.63, 3.8) is 0 Å². The van der Waals surface area contributed by atoms with Crippen molar-refractivity contribution >= 4 is 11.9 Å². The molecule has 1 aliphatic heterocycles. The van der Waals surface area contributed by atoms with Gasteiger partial charge in [-0.2, -0.15) is 0 Å². The predicted molar refractivity (Wildman–Crippen MR) is 124 cm³/mol. The highest BCUT2D eigenvalue weighted by atomic mass is 16.3. The van der Waals surface area contributed by atoms with Crippen molar-refractivity contribution in [3.8, 4) is 0 Å². The Balaban J connectivity index is 1.32. The molecular weight excluding hydrogens is 390 g/mol. The number of hydrogen-bond donors (Lipinski definition) is 3. The molecule has 1 atom stereocenters. The summed E-state index contributed by atoms with van der Waals surface area (Å²) in [6, 6.07) is 13.4. The highest BCUT2D eigenvalue weighted by Gasteiger charge is 2.24. The Kier molecular flexibility index (Phi) is 8.53. The summed E-state index contributed by atoms with van der Waals surface area (Å²) in [4.78, 5) is 18.9. The maximum atomic E-state index is 12.0. The molecule has 0 radical (unpaired) electrons. The molecule has 168 valence electrons. The summed E-state index contributed by atoms with van der Waals surface area (Å²) in [6.07, 6.45) is 4.53. The molecule has 0 spiro atoms. The first-order valence-corrected chi connectivity index (χ1v) is 11.2. The molecule has 1 amide bonds. The Morgan fingerprint density at radius 1 is 1.16 bits per heavy atom. The highest BCUT2D eigenvalue weighted by Crippen LogP contribution is 2.23. The van der Waals surface area contributed by atoms with Gasteiger partial charge >= 0.3 is 0 Å². The Morgan fingerprint density at radius 3 is 2.52 bits per heavy atom. The first-order chi connectivity index (χ1) is 15.1. The summed E-state index contributed by atoms with van der Waals surface area (Å²) in [5.41, 5.74) is 2.23. The molecule has 3 N–H and O–H groups in total. The third kappa shape index (κ3) is 6.59. The minimum atomic E-state index is -0.165. The molecule has 1 unspecified atom stereocenters. The van der Waals surface area contributed by atoms with Crippen LogP contribution in [0.1, 0.15) is 53.9 Å². The second-order valence-electron chi connectivity index (χ2n) is 8.08. The zero-order valence-electron chi connectivity index (χ0n) is 18.9. The molecule has 1 fully saturated rings. The SMILES string of the molecule is CN=C(NCCCNC(=O)c1occc1C)NC1CCN(C(C)c2ccccc2)CC1. The van der Waals surface area contributed by atoms with Crippen molar-refractivity contribution < 1.29 is 9.21 Å². The average molecular weight is 426 g/mol. The van der Waals surface area contributed by atoms with E-state index in [1.54, 1.807) is 13.1 Å². The van der Waals surface area contributed by atoms with E-state index in [1.807, 2.05) is 6.92 Å². The molecule has 3 rings (SSSR count). The lowest BCUT2D eigenvalue weighted by Gasteiger charge is -2.37. The molecule has 1 aliphatic rings. The van der Waals surface area contributed by atoms with Crippen LogP contribution in [-0.4, -0.2) is 56.0 Å². The first kappa shape index (κ1) is 22.9. The van der Waals surface area contributed by atoms with E-state index >= 15 is 0 Å². The number of aliphatic imine (C=N–C) groups is 1. The van der Waals surface area contributed by atoms with Gasteiger partial charge in [0.15, 0.2) is 11.7 Å². The van der Waals surface area contributed by atoms with Gasteiger partial charge in [0.2, 0.25) is 0 Å². The molecule has 1 aromatic carbocycles. The van der Waals surface area contributed by atoms with Crippen molar-refractivity contribution in [3.05, 3.63) is 59.5 Å². The number of carbonyl (C=O) groups is 1. The summed E-state index contributed by atoms with van der Waals surface area (Å²) in [6.45, 7) is 7.61. The van der Waals surface area contributed by atoms with Crippen LogP contribution in [0.15, 0.2) is 52.1 Å². The average Bonchev–Trinajstić information content (AvgIpc) is 3.24. The molecule has 2 heterocycles. The lowest BCUT2D eigenvalue weighted by atomic mass is 10.0. The Hall–Kier alpha value is -2.80. The van der Waals surface area contributed by atoms with Crippen LogP contribution in [0, 0.1) is 6.92 Å². The lowest BCUT2D eigenvalue weighted by molar-refractivity contribution is 0.0925. The summed E-state index contributed by atoms with van der Waals surface area (Å²) in [7, 11) is 1.80. The number of piperidine rings is 1. The summed E-state index contributed by atoms with van der Waals surface area (Å²) in [5, 5.41) is 9.78. The molecular formula is C24H35N5O2. The fraction of sp³-hybridized carbons (Fsp3) is 0.500. The van der Waals surface area contributed by atoms with Gasteiger partial charge in [-0.15, -0.1) is 0 Å². The smallest absolute Gasteiger partial charge is 0.287 e. The summed E-state index contributed by atoms with van der Waals surface area (Å²) in [5.74, 6) is 1.04. The molecule has 0 aliphatic carbocycles. The van der Waals surface area contributed by atoms with E-state index in [4.69, 9.17) is 4.42 Å². The molecule has 0 saturated carbocycles. The zero-order chi connectivity index (χ0) is 22.1. The van der Waals surface area contributed by atoms with E-state index < -0.39 is 0 Å². The normalized spacial score (nSPS) is 16.7. The van der Waals surface area contributed by atoms with E-state index in [9.17, 15) is 4.79 Å². The largest absolute Gasteiger partial charge is 0.459 e. The van der Waals surface area contributed by atoms with Gasteiger partial charge in [-0.25, -0.2) is 0 Å². The second kappa shape index (κ2) is 11.6. The number of carbonyl (C=O) groups excluding carboxylic acids is 1. The molecule has 7 heteroatoms. The molecule has 31 heavy (non-hydrogen) atoms. The van der Waals surface area contributed by atoms with Crippen LogP contribution in [0.3, 0.4) is 0 Å². The minimum Gasteiger partial charge on any atom is -0.459 e. The van der Waals surface area contributed by atoms with Crippen LogP contribution >= 0.6 is 0 Å². The number of likely N-dealkylation sites (tertiary alicyclic amines) is 1. The van der Waals surface area contributed by atoms with Gasteiger partial charge < -0.3 is 20.4 Å². The number of nitrogens with one attached hydrogen (secondary N) is 3. The standard InChI is InChI=1S/C24H35N5O2/c1-18-12-17-31-22(18)23(30)26-13-7-14-27-24(25-3)28-21-10-15-29(16-11-21)19(2)20-8-5-4-6-9-20/h4-6,8-9,12,17,19,21H,7,10-11,13-16H2,1-3H3,(H,26,30)(H2,25,27,28). The van der Waals surface area contributed by atoms with Gasteiger partial charge in [0, 0.05) is 50.9 Å². The number of guanidine groups is 1. The van der Waals surface area contributed by atoms with Gasteiger partial charge in [0.1, 0.15) is 0 Å². The summed E-state index contributed by atoms with van der Waals surface area (Å²) < 4.78 is 5.21. The maximum Gasteiger partial charge on any atom is 0.287 e. The van der Waals surface area contributed by atoms with Gasteiger partial charge in [0.05, 0.1) is 6.26 Å². The number of rotatable bonds is 8.